The van der Waals surface area contributed by atoms with E-state index >= 15 is 0 Å². The number of nitrogens with one attached hydrogen (secondary N) is 2. The van der Waals surface area contributed by atoms with Crippen molar-refractivity contribution in [1.82, 2.24) is 15.5 Å². The van der Waals surface area contributed by atoms with Crippen LogP contribution >= 0.6 is 0 Å². The maximum Gasteiger partial charge on any atom is 0.191 e. The van der Waals surface area contributed by atoms with Crippen LogP contribution in [0.5, 0.6) is 0 Å². The minimum absolute atomic E-state index is 0.774. The molecule has 134 valence electrons. The van der Waals surface area contributed by atoms with Crippen molar-refractivity contribution in [3.8, 4) is 0 Å². The number of aryl methyl sites for hydroxylation is 1. The van der Waals surface area contributed by atoms with Crippen molar-refractivity contribution >= 4 is 5.96 Å². The zero-order chi connectivity index (χ0) is 17.2. The van der Waals surface area contributed by atoms with E-state index in [1.165, 1.54) is 56.3 Å². The number of aliphatic imine (C=N–C) groups is 1. The summed E-state index contributed by atoms with van der Waals surface area (Å²) in [7, 11) is 1.83. The van der Waals surface area contributed by atoms with Crippen LogP contribution in [0.2, 0.25) is 0 Å². The van der Waals surface area contributed by atoms with E-state index in [4.69, 9.17) is 0 Å². The van der Waals surface area contributed by atoms with E-state index in [1.807, 2.05) is 7.05 Å². The Morgan fingerprint density at radius 3 is 2.67 bits per heavy atom. The van der Waals surface area contributed by atoms with Gasteiger partial charge < -0.3 is 15.5 Å². The van der Waals surface area contributed by atoms with E-state index in [0.717, 1.165) is 25.1 Å². The molecule has 4 heteroatoms. The highest BCUT2D eigenvalue weighted by molar-refractivity contribution is 5.79. The molecule has 1 fully saturated rings. The lowest BCUT2D eigenvalue weighted by Crippen LogP contribution is -2.39. The van der Waals surface area contributed by atoms with E-state index in [-0.39, 0.29) is 0 Å². The number of hydrogen-bond donors (Lipinski definition) is 2. The fourth-order valence-electron chi connectivity index (χ4n) is 3.25. The van der Waals surface area contributed by atoms with Crippen molar-refractivity contribution in [2.24, 2.45) is 4.99 Å². The van der Waals surface area contributed by atoms with Crippen LogP contribution in [-0.2, 0) is 6.54 Å². The summed E-state index contributed by atoms with van der Waals surface area (Å²) >= 11 is 0. The molecule has 1 heterocycles. The molecule has 0 saturated carbocycles. The van der Waals surface area contributed by atoms with Crippen molar-refractivity contribution in [2.45, 2.75) is 58.5 Å². The number of benzene rings is 1. The maximum absolute atomic E-state index is 4.30. The SMILES string of the molecule is CN=C(NCCCCN1CCCCC1C)NCc1ccc(C)cc1. The lowest BCUT2D eigenvalue weighted by atomic mass is 10.0. The molecule has 0 spiro atoms. The van der Waals surface area contributed by atoms with Gasteiger partial charge in [-0.25, -0.2) is 0 Å². The summed E-state index contributed by atoms with van der Waals surface area (Å²) in [5.74, 6) is 0.891. The summed E-state index contributed by atoms with van der Waals surface area (Å²) in [5.41, 5.74) is 2.58. The Morgan fingerprint density at radius 1 is 1.17 bits per heavy atom. The van der Waals surface area contributed by atoms with Crippen molar-refractivity contribution in [3.63, 3.8) is 0 Å². The van der Waals surface area contributed by atoms with Crippen LogP contribution in [0, 0.1) is 6.92 Å². The standard InChI is InChI=1S/C20H34N4/c1-17-9-11-19(12-10-17)16-23-20(21-3)22-13-5-7-15-24-14-6-4-8-18(24)2/h9-12,18H,4-8,13-16H2,1-3H3,(H2,21,22,23). The highest BCUT2D eigenvalue weighted by Gasteiger charge is 2.16. The van der Waals surface area contributed by atoms with E-state index in [1.54, 1.807) is 0 Å². The third kappa shape index (κ3) is 6.52. The molecule has 0 aliphatic carbocycles. The van der Waals surface area contributed by atoms with E-state index in [9.17, 15) is 0 Å². The first-order valence-corrected chi connectivity index (χ1v) is 9.43. The normalized spacial score (nSPS) is 19.3. The van der Waals surface area contributed by atoms with Crippen LogP contribution in [0.4, 0.5) is 0 Å². The molecule has 24 heavy (non-hydrogen) atoms. The lowest BCUT2D eigenvalue weighted by Gasteiger charge is -2.33. The molecule has 1 atom stereocenters. The van der Waals surface area contributed by atoms with Crippen LogP contribution < -0.4 is 10.6 Å². The molecule has 4 nitrogen and oxygen atoms in total. The highest BCUT2D eigenvalue weighted by atomic mass is 15.2. The number of rotatable bonds is 7. The van der Waals surface area contributed by atoms with Gasteiger partial charge >= 0.3 is 0 Å². The Kier molecular flexibility index (Phi) is 8.10. The average Bonchev–Trinajstić information content (AvgIpc) is 2.60. The molecule has 0 amide bonds. The predicted molar refractivity (Wildman–Crippen MR) is 104 cm³/mol. The molecule has 1 saturated heterocycles. The summed E-state index contributed by atoms with van der Waals surface area (Å²) in [6.45, 7) is 8.80. The monoisotopic (exact) mass is 330 g/mol. The smallest absolute Gasteiger partial charge is 0.191 e. The van der Waals surface area contributed by atoms with Crippen LogP contribution in [0.1, 0.15) is 50.2 Å². The number of unbranched alkanes of at least 4 members (excludes halogenated alkanes) is 1. The van der Waals surface area contributed by atoms with Gasteiger partial charge in [0.05, 0.1) is 0 Å². The van der Waals surface area contributed by atoms with Gasteiger partial charge in [-0.05, 0) is 58.2 Å². The van der Waals surface area contributed by atoms with Crippen LogP contribution in [0.15, 0.2) is 29.3 Å². The number of piperidine rings is 1. The number of guanidine groups is 1. The van der Waals surface area contributed by atoms with Crippen LogP contribution in [0.25, 0.3) is 0 Å². The third-order valence-electron chi connectivity index (χ3n) is 4.91. The minimum atomic E-state index is 0.774. The molecule has 1 aliphatic heterocycles. The Morgan fingerprint density at radius 2 is 1.96 bits per heavy atom. The molecule has 2 rings (SSSR count). The molecule has 0 aromatic heterocycles. The molecular weight excluding hydrogens is 296 g/mol. The number of nitrogens with zero attached hydrogens (tertiary/aromatic N) is 2. The van der Waals surface area contributed by atoms with Gasteiger partial charge in [0.1, 0.15) is 0 Å². The Bertz CT molecular complexity index is 495. The Balaban J connectivity index is 1.58. The summed E-state index contributed by atoms with van der Waals surface area (Å²) in [6, 6.07) is 9.39. The van der Waals surface area contributed by atoms with Gasteiger partial charge in [0.15, 0.2) is 5.96 Å². The quantitative estimate of drug-likeness (QED) is 0.458. The van der Waals surface area contributed by atoms with Crippen molar-refractivity contribution in [2.75, 3.05) is 26.7 Å². The molecule has 0 radical (unpaired) electrons. The molecule has 1 aliphatic rings. The minimum Gasteiger partial charge on any atom is -0.356 e. The topological polar surface area (TPSA) is 39.7 Å². The zero-order valence-electron chi connectivity index (χ0n) is 15.6. The fourth-order valence-corrected chi connectivity index (χ4v) is 3.25. The van der Waals surface area contributed by atoms with Crippen molar-refractivity contribution in [1.29, 1.82) is 0 Å². The molecule has 0 bridgehead atoms. The summed E-state index contributed by atoms with van der Waals surface area (Å²) in [6.07, 6.45) is 6.59. The molecule has 1 aromatic carbocycles. The van der Waals surface area contributed by atoms with E-state index in [0.29, 0.717) is 0 Å². The first-order valence-electron chi connectivity index (χ1n) is 9.43. The van der Waals surface area contributed by atoms with E-state index in [2.05, 4.69) is 58.6 Å². The Hall–Kier alpha value is -1.55. The van der Waals surface area contributed by atoms with Crippen LogP contribution in [0.3, 0.4) is 0 Å². The van der Waals surface area contributed by atoms with Crippen molar-refractivity contribution in [3.05, 3.63) is 35.4 Å². The predicted octanol–water partition coefficient (Wildman–Crippen LogP) is 3.31. The van der Waals surface area contributed by atoms with Gasteiger partial charge in [0, 0.05) is 26.2 Å². The fraction of sp³-hybridized carbons (Fsp3) is 0.650. The number of hydrogen-bond acceptors (Lipinski definition) is 2. The first-order chi connectivity index (χ1) is 11.7. The van der Waals surface area contributed by atoms with Crippen molar-refractivity contribution < 1.29 is 0 Å². The number of likely N-dealkylation sites (tertiary alicyclic amines) is 1. The second-order valence-electron chi connectivity index (χ2n) is 6.93. The van der Waals surface area contributed by atoms with Gasteiger partial charge in [0.25, 0.3) is 0 Å². The first kappa shape index (κ1) is 18.8. The van der Waals surface area contributed by atoms with Gasteiger partial charge in [-0.2, -0.15) is 0 Å². The average molecular weight is 331 g/mol. The zero-order valence-corrected chi connectivity index (χ0v) is 15.6. The van der Waals surface area contributed by atoms with E-state index < -0.39 is 0 Å². The Labute approximate surface area is 147 Å². The second kappa shape index (κ2) is 10.3. The largest absolute Gasteiger partial charge is 0.356 e. The van der Waals surface area contributed by atoms with Gasteiger partial charge in [-0.3, -0.25) is 4.99 Å². The summed E-state index contributed by atoms with van der Waals surface area (Å²) in [4.78, 5) is 6.95. The maximum atomic E-state index is 4.30. The highest BCUT2D eigenvalue weighted by Crippen LogP contribution is 2.16. The third-order valence-corrected chi connectivity index (χ3v) is 4.91. The summed E-state index contributed by atoms with van der Waals surface area (Å²) < 4.78 is 0. The van der Waals surface area contributed by atoms with Gasteiger partial charge in [0.2, 0.25) is 0 Å². The second-order valence-corrected chi connectivity index (χ2v) is 6.93. The molecular formula is C20H34N4. The lowest BCUT2D eigenvalue weighted by molar-refractivity contribution is 0.158. The molecule has 1 unspecified atom stereocenters. The van der Waals surface area contributed by atoms with Gasteiger partial charge in [-0.15, -0.1) is 0 Å². The van der Waals surface area contributed by atoms with Gasteiger partial charge in [-0.1, -0.05) is 36.2 Å². The molecule has 1 aromatic rings. The summed E-state index contributed by atoms with van der Waals surface area (Å²) in [5, 5.41) is 6.80. The van der Waals surface area contributed by atoms with Crippen LogP contribution in [-0.4, -0.2) is 43.6 Å². The molecule has 2 N–H and O–H groups in total.